The first-order chi connectivity index (χ1) is 21.6. The largest absolute Gasteiger partial charge is 0.380 e. The van der Waals surface area contributed by atoms with Crippen LogP contribution < -0.4 is 0 Å². The van der Waals surface area contributed by atoms with Gasteiger partial charge in [-0.25, -0.2) is 0 Å². The monoisotopic (exact) mass is 646 g/mol. The number of benzene rings is 4. The van der Waals surface area contributed by atoms with E-state index >= 15 is 26.3 Å². The lowest BCUT2D eigenvalue weighted by Crippen LogP contribution is -2.49. The number of thiophene rings is 1. The van der Waals surface area contributed by atoms with Gasteiger partial charge in [0.2, 0.25) is 0 Å². The van der Waals surface area contributed by atoms with Gasteiger partial charge >= 0.3 is 17.8 Å². The van der Waals surface area contributed by atoms with Crippen molar-refractivity contribution in [3.8, 4) is 20.9 Å². The third-order valence-electron chi connectivity index (χ3n) is 8.20. The van der Waals surface area contributed by atoms with Gasteiger partial charge < -0.3 is 0 Å². The third-order valence-corrected chi connectivity index (χ3v) is 10.9. The van der Waals surface area contributed by atoms with E-state index in [4.69, 9.17) is 0 Å². The molecule has 2 aliphatic rings. The van der Waals surface area contributed by atoms with E-state index < -0.39 is 34.2 Å². The van der Waals surface area contributed by atoms with Crippen molar-refractivity contribution in [3.63, 3.8) is 0 Å². The molecular formula is C37H24F6S2. The number of hydrogen-bond acceptors (Lipinski definition) is 2. The van der Waals surface area contributed by atoms with E-state index in [9.17, 15) is 0 Å². The van der Waals surface area contributed by atoms with E-state index in [1.807, 2.05) is 18.2 Å². The first kappa shape index (κ1) is 29.7. The Morgan fingerprint density at radius 3 is 1.62 bits per heavy atom. The second-order valence-electron chi connectivity index (χ2n) is 11.0. The van der Waals surface area contributed by atoms with E-state index in [-0.39, 0.29) is 22.4 Å². The molecular weight excluding hydrogens is 623 g/mol. The van der Waals surface area contributed by atoms with E-state index in [1.54, 1.807) is 103 Å². The molecule has 0 saturated heterocycles. The zero-order valence-corrected chi connectivity index (χ0v) is 25.1. The summed E-state index contributed by atoms with van der Waals surface area (Å²) in [6.07, 6.45) is -0.115. The summed E-state index contributed by atoms with van der Waals surface area (Å²) in [7, 11) is 0. The molecule has 1 unspecified atom stereocenters. The van der Waals surface area contributed by atoms with Crippen LogP contribution in [0.1, 0.15) is 28.4 Å². The van der Waals surface area contributed by atoms with Crippen LogP contribution in [-0.2, 0) is 0 Å². The van der Waals surface area contributed by atoms with Gasteiger partial charge in [-0.15, -0.1) is 23.1 Å². The summed E-state index contributed by atoms with van der Waals surface area (Å²) in [5, 5.41) is -0.431. The molecule has 5 aromatic rings. The smallest absolute Gasteiger partial charge is 0.194 e. The molecule has 0 nitrogen and oxygen atoms in total. The molecule has 1 aromatic heterocycles. The minimum atomic E-state index is -5.65. The van der Waals surface area contributed by atoms with E-state index in [0.29, 0.717) is 26.5 Å². The molecule has 0 fully saturated rings. The number of halogens is 6. The maximum absolute atomic E-state index is 16.2. The Morgan fingerprint density at radius 2 is 1.04 bits per heavy atom. The van der Waals surface area contributed by atoms with Gasteiger partial charge in [-0.2, -0.15) is 26.3 Å². The summed E-state index contributed by atoms with van der Waals surface area (Å²) in [5.74, 6) is -16.0. The molecule has 1 atom stereocenters. The highest BCUT2D eigenvalue weighted by Gasteiger charge is 2.80. The molecule has 0 saturated carbocycles. The SMILES string of the molecule is FC1(F)C(C2=C(c3ccccc3)SC(c3ccccc3)C2)=C(c2cc(-c3ccccc3)sc2-c2ccccc2)C(F)(F)C1(F)F. The van der Waals surface area contributed by atoms with Crippen molar-refractivity contribution in [2.75, 3.05) is 0 Å². The second-order valence-corrected chi connectivity index (χ2v) is 13.2. The van der Waals surface area contributed by atoms with Gasteiger partial charge in [0.25, 0.3) is 0 Å². The van der Waals surface area contributed by atoms with Crippen molar-refractivity contribution < 1.29 is 26.3 Å². The summed E-state index contributed by atoms with van der Waals surface area (Å²) >= 11 is 2.35. The molecule has 0 N–H and O–H groups in total. The van der Waals surface area contributed by atoms with Crippen molar-refractivity contribution in [2.45, 2.75) is 29.4 Å². The topological polar surface area (TPSA) is 0 Å². The highest BCUT2D eigenvalue weighted by Crippen LogP contribution is 2.68. The van der Waals surface area contributed by atoms with Crippen LogP contribution in [0.2, 0.25) is 0 Å². The van der Waals surface area contributed by atoms with Gasteiger partial charge in [0.05, 0.1) is 0 Å². The van der Waals surface area contributed by atoms with E-state index in [2.05, 4.69) is 0 Å². The molecule has 8 heteroatoms. The zero-order chi connectivity index (χ0) is 31.4. The number of allylic oxidation sites excluding steroid dienone is 3. The fraction of sp³-hybridized carbons (Fsp3) is 0.135. The molecule has 4 aromatic carbocycles. The minimum Gasteiger partial charge on any atom is -0.194 e. The summed E-state index contributed by atoms with van der Waals surface area (Å²) in [5.41, 5.74) is -0.642. The molecule has 226 valence electrons. The van der Waals surface area contributed by atoms with Gasteiger partial charge in [0.15, 0.2) is 0 Å². The third kappa shape index (κ3) is 4.77. The van der Waals surface area contributed by atoms with Crippen LogP contribution in [0.3, 0.4) is 0 Å². The fourth-order valence-electron chi connectivity index (χ4n) is 6.03. The maximum atomic E-state index is 16.2. The van der Waals surface area contributed by atoms with Crippen molar-refractivity contribution in [2.24, 2.45) is 0 Å². The molecule has 45 heavy (non-hydrogen) atoms. The average Bonchev–Trinajstić information content (AvgIpc) is 3.72. The Bertz CT molecular complexity index is 1910. The summed E-state index contributed by atoms with van der Waals surface area (Å²) in [6, 6.07) is 36.3. The number of hydrogen-bond donors (Lipinski definition) is 0. The first-order valence-electron chi connectivity index (χ1n) is 14.3. The quantitative estimate of drug-likeness (QED) is 0.165. The molecule has 0 radical (unpaired) electrons. The standard InChI is InChI=1S/C37H24F6S2/c38-35(39)31(27-21-29(23-13-5-1-6-14-23)44-33(27)25-17-9-3-10-18-25)32(36(40,41)37(35,42)43)28-22-30(24-15-7-2-8-16-24)45-34(28)26-19-11-4-12-20-26/h1-21,30H,22H2. The van der Waals surface area contributed by atoms with Gasteiger partial charge in [-0.1, -0.05) is 121 Å². The average molecular weight is 647 g/mol. The van der Waals surface area contributed by atoms with Crippen LogP contribution >= 0.6 is 23.1 Å². The summed E-state index contributed by atoms with van der Waals surface area (Å²) in [6.45, 7) is 0. The molecule has 0 bridgehead atoms. The maximum Gasteiger partial charge on any atom is 0.380 e. The first-order valence-corrected chi connectivity index (χ1v) is 15.9. The second kappa shape index (κ2) is 11.1. The Balaban J connectivity index is 1.54. The highest BCUT2D eigenvalue weighted by atomic mass is 32.2. The number of rotatable bonds is 6. The predicted molar refractivity (Wildman–Crippen MR) is 172 cm³/mol. The highest BCUT2D eigenvalue weighted by molar-refractivity contribution is 8.08. The predicted octanol–water partition coefficient (Wildman–Crippen LogP) is 12.0. The molecule has 0 spiro atoms. The Hall–Kier alpha value is -4.01. The van der Waals surface area contributed by atoms with Crippen LogP contribution in [0.5, 0.6) is 0 Å². The molecule has 2 heterocycles. The van der Waals surface area contributed by atoms with Gasteiger partial charge in [0, 0.05) is 36.6 Å². The van der Waals surface area contributed by atoms with Crippen molar-refractivity contribution >= 4 is 33.6 Å². The Labute approximate surface area is 264 Å². The molecule has 0 amide bonds. The fourth-order valence-corrected chi connectivity index (χ4v) is 8.63. The van der Waals surface area contributed by atoms with E-state index in [0.717, 1.165) is 16.9 Å². The van der Waals surface area contributed by atoms with Crippen LogP contribution in [0.15, 0.2) is 139 Å². The van der Waals surface area contributed by atoms with Crippen LogP contribution in [-0.4, -0.2) is 17.8 Å². The molecule has 1 aliphatic heterocycles. The van der Waals surface area contributed by atoms with E-state index in [1.165, 1.54) is 17.8 Å². The van der Waals surface area contributed by atoms with Crippen LogP contribution in [0, 0.1) is 0 Å². The van der Waals surface area contributed by atoms with Gasteiger partial charge in [-0.3, -0.25) is 0 Å². The van der Waals surface area contributed by atoms with Gasteiger partial charge in [-0.05, 0) is 40.3 Å². The van der Waals surface area contributed by atoms with Crippen molar-refractivity contribution in [1.29, 1.82) is 0 Å². The van der Waals surface area contributed by atoms with Crippen molar-refractivity contribution in [3.05, 3.63) is 155 Å². The van der Waals surface area contributed by atoms with Gasteiger partial charge in [0.1, 0.15) is 0 Å². The van der Waals surface area contributed by atoms with Crippen LogP contribution in [0.4, 0.5) is 26.3 Å². The van der Waals surface area contributed by atoms with Crippen molar-refractivity contribution in [1.82, 2.24) is 0 Å². The summed E-state index contributed by atoms with van der Waals surface area (Å²) < 4.78 is 96.1. The lowest BCUT2D eigenvalue weighted by atomic mass is 9.89. The zero-order valence-electron chi connectivity index (χ0n) is 23.5. The summed E-state index contributed by atoms with van der Waals surface area (Å²) in [4.78, 5) is 1.03. The lowest BCUT2D eigenvalue weighted by molar-refractivity contribution is -0.259. The minimum absolute atomic E-state index is 0.115. The number of thioether (sulfide) groups is 1. The Kier molecular flexibility index (Phi) is 7.33. The Morgan fingerprint density at radius 1 is 0.556 bits per heavy atom. The molecule has 7 rings (SSSR count). The molecule has 1 aliphatic carbocycles. The lowest BCUT2D eigenvalue weighted by Gasteiger charge is -2.26. The number of alkyl halides is 6. The van der Waals surface area contributed by atoms with Crippen LogP contribution in [0.25, 0.3) is 31.4 Å². The normalized spacial score (nSPS) is 20.2.